The Hall–Kier alpha value is -2.02. The van der Waals surface area contributed by atoms with Gasteiger partial charge >= 0.3 is 0 Å². The quantitative estimate of drug-likeness (QED) is 0.711. The Bertz CT molecular complexity index is 512. The molecule has 0 heterocycles. The zero-order valence-electron chi connectivity index (χ0n) is 10.2. The molecule has 0 saturated carbocycles. The highest BCUT2D eigenvalue weighted by Gasteiger charge is 1.97. The van der Waals surface area contributed by atoms with Crippen molar-refractivity contribution in [2.45, 2.75) is 6.92 Å². The highest BCUT2D eigenvalue weighted by Crippen LogP contribution is 2.20. The van der Waals surface area contributed by atoms with Gasteiger partial charge < -0.3 is 4.74 Å². The molecule has 0 fully saturated rings. The average Bonchev–Trinajstić information content (AvgIpc) is 2.39. The van der Waals surface area contributed by atoms with Crippen LogP contribution in [0.25, 0.3) is 12.2 Å². The molecule has 0 aliphatic carbocycles. The van der Waals surface area contributed by atoms with E-state index in [0.717, 1.165) is 16.9 Å². The van der Waals surface area contributed by atoms with Gasteiger partial charge in [0.05, 0.1) is 7.11 Å². The second-order valence-electron chi connectivity index (χ2n) is 3.97. The van der Waals surface area contributed by atoms with Gasteiger partial charge in [0.1, 0.15) is 5.75 Å². The van der Waals surface area contributed by atoms with E-state index >= 15 is 0 Å². The Morgan fingerprint density at radius 2 is 1.59 bits per heavy atom. The molecule has 0 unspecified atom stereocenters. The Morgan fingerprint density at radius 1 is 0.882 bits per heavy atom. The Labute approximate surface area is 102 Å². The summed E-state index contributed by atoms with van der Waals surface area (Å²) in [5.74, 6) is 0.931. The van der Waals surface area contributed by atoms with Crippen LogP contribution < -0.4 is 4.74 Å². The zero-order valence-corrected chi connectivity index (χ0v) is 10.2. The fraction of sp³-hybridized carbons (Fsp3) is 0.125. The van der Waals surface area contributed by atoms with E-state index in [1.165, 1.54) is 5.56 Å². The van der Waals surface area contributed by atoms with E-state index in [4.69, 9.17) is 4.74 Å². The molecule has 0 amide bonds. The third kappa shape index (κ3) is 2.97. The lowest BCUT2D eigenvalue weighted by Crippen LogP contribution is -1.87. The second-order valence-corrected chi connectivity index (χ2v) is 3.97. The maximum atomic E-state index is 5.30. The molecule has 2 aromatic rings. The molecule has 0 aliphatic heterocycles. The van der Waals surface area contributed by atoms with Crippen molar-refractivity contribution in [2.75, 3.05) is 7.11 Å². The molecule has 0 aromatic heterocycles. The number of ether oxygens (including phenoxy) is 1. The smallest absolute Gasteiger partial charge is 0.122 e. The minimum atomic E-state index is 0.931. The van der Waals surface area contributed by atoms with Crippen LogP contribution in [-0.2, 0) is 0 Å². The highest BCUT2D eigenvalue weighted by molar-refractivity contribution is 5.70. The fourth-order valence-corrected chi connectivity index (χ4v) is 1.70. The maximum Gasteiger partial charge on any atom is 0.122 e. The van der Waals surface area contributed by atoms with Crippen LogP contribution in [0, 0.1) is 6.92 Å². The molecule has 0 bridgehead atoms. The Balaban J connectivity index is 2.22. The number of methoxy groups -OCH3 is 1. The molecule has 86 valence electrons. The lowest BCUT2D eigenvalue weighted by Gasteiger charge is -2.04. The third-order valence-corrected chi connectivity index (χ3v) is 2.70. The van der Waals surface area contributed by atoms with Gasteiger partial charge in [0, 0.05) is 0 Å². The first-order valence-electron chi connectivity index (χ1n) is 5.67. The molecule has 0 saturated heterocycles. The summed E-state index contributed by atoms with van der Waals surface area (Å²) in [5, 5.41) is 0. The van der Waals surface area contributed by atoms with Gasteiger partial charge in [-0.1, -0.05) is 54.6 Å². The van der Waals surface area contributed by atoms with Crippen LogP contribution in [0.5, 0.6) is 5.75 Å². The number of benzene rings is 2. The predicted molar refractivity (Wildman–Crippen MR) is 73.1 cm³/mol. The molecule has 0 aliphatic rings. The number of rotatable bonds is 3. The highest BCUT2D eigenvalue weighted by atomic mass is 16.5. The summed E-state index contributed by atoms with van der Waals surface area (Å²) in [6.07, 6.45) is 4.20. The molecule has 17 heavy (non-hydrogen) atoms. The van der Waals surface area contributed by atoms with E-state index in [-0.39, 0.29) is 0 Å². The van der Waals surface area contributed by atoms with Crippen LogP contribution in [-0.4, -0.2) is 7.11 Å². The van der Waals surface area contributed by atoms with Crippen molar-refractivity contribution in [1.82, 2.24) is 0 Å². The predicted octanol–water partition coefficient (Wildman–Crippen LogP) is 4.17. The zero-order chi connectivity index (χ0) is 12.1. The van der Waals surface area contributed by atoms with Crippen molar-refractivity contribution in [3.05, 3.63) is 65.2 Å². The van der Waals surface area contributed by atoms with Crippen molar-refractivity contribution in [3.63, 3.8) is 0 Å². The summed E-state index contributed by atoms with van der Waals surface area (Å²) in [4.78, 5) is 0. The van der Waals surface area contributed by atoms with Crippen LogP contribution in [0.15, 0.2) is 48.5 Å². The minimum Gasteiger partial charge on any atom is -0.496 e. The first kappa shape index (κ1) is 11.5. The molecule has 0 spiro atoms. The van der Waals surface area contributed by atoms with Gasteiger partial charge in [0.25, 0.3) is 0 Å². The van der Waals surface area contributed by atoms with Gasteiger partial charge in [-0.15, -0.1) is 0 Å². The standard InChI is InChI=1S/C16H16O/c1-13-8-9-15(12-16(13)17-2)11-10-14-6-4-3-5-7-14/h3-12H,1-2H3. The summed E-state index contributed by atoms with van der Waals surface area (Å²) in [7, 11) is 1.70. The van der Waals surface area contributed by atoms with Crippen molar-refractivity contribution >= 4 is 12.2 Å². The monoisotopic (exact) mass is 224 g/mol. The lowest BCUT2D eigenvalue weighted by atomic mass is 10.1. The third-order valence-electron chi connectivity index (χ3n) is 2.70. The summed E-state index contributed by atoms with van der Waals surface area (Å²) < 4.78 is 5.30. The van der Waals surface area contributed by atoms with E-state index in [0.29, 0.717) is 0 Å². The van der Waals surface area contributed by atoms with Crippen LogP contribution in [0.4, 0.5) is 0 Å². The molecule has 0 radical (unpaired) electrons. The van der Waals surface area contributed by atoms with Gasteiger partial charge in [-0.05, 0) is 29.7 Å². The molecule has 1 heteroatoms. The number of aryl methyl sites for hydroxylation is 1. The topological polar surface area (TPSA) is 9.23 Å². The van der Waals surface area contributed by atoms with Crippen molar-refractivity contribution in [1.29, 1.82) is 0 Å². The maximum absolute atomic E-state index is 5.30. The summed E-state index contributed by atoms with van der Waals surface area (Å²) in [6, 6.07) is 16.5. The molecule has 2 rings (SSSR count). The van der Waals surface area contributed by atoms with Crippen molar-refractivity contribution < 1.29 is 4.74 Å². The van der Waals surface area contributed by atoms with Gasteiger partial charge in [0.15, 0.2) is 0 Å². The van der Waals surface area contributed by atoms with Crippen LogP contribution >= 0.6 is 0 Å². The van der Waals surface area contributed by atoms with Crippen LogP contribution in [0.3, 0.4) is 0 Å². The van der Waals surface area contributed by atoms with Crippen molar-refractivity contribution in [3.8, 4) is 5.75 Å². The normalized spacial score (nSPS) is 10.7. The molecule has 0 N–H and O–H groups in total. The van der Waals surface area contributed by atoms with Gasteiger partial charge in [-0.2, -0.15) is 0 Å². The average molecular weight is 224 g/mol. The molecular weight excluding hydrogens is 208 g/mol. The first-order valence-corrected chi connectivity index (χ1v) is 5.67. The number of hydrogen-bond donors (Lipinski definition) is 0. The summed E-state index contributed by atoms with van der Waals surface area (Å²) in [5.41, 5.74) is 3.51. The second kappa shape index (κ2) is 5.35. The van der Waals surface area contributed by atoms with E-state index < -0.39 is 0 Å². The van der Waals surface area contributed by atoms with Gasteiger partial charge in [-0.25, -0.2) is 0 Å². The fourth-order valence-electron chi connectivity index (χ4n) is 1.70. The molecule has 1 nitrogen and oxygen atoms in total. The van der Waals surface area contributed by atoms with Crippen LogP contribution in [0.2, 0.25) is 0 Å². The lowest BCUT2D eigenvalue weighted by molar-refractivity contribution is 0.411. The van der Waals surface area contributed by atoms with Gasteiger partial charge in [-0.3, -0.25) is 0 Å². The molecular formula is C16H16O. The number of hydrogen-bond acceptors (Lipinski definition) is 1. The van der Waals surface area contributed by atoms with Crippen molar-refractivity contribution in [2.24, 2.45) is 0 Å². The van der Waals surface area contributed by atoms with E-state index in [2.05, 4.69) is 42.5 Å². The van der Waals surface area contributed by atoms with E-state index in [1.54, 1.807) is 7.11 Å². The minimum absolute atomic E-state index is 0.931. The Morgan fingerprint density at radius 3 is 2.29 bits per heavy atom. The van der Waals surface area contributed by atoms with Gasteiger partial charge in [0.2, 0.25) is 0 Å². The SMILES string of the molecule is COc1cc(C=Cc2ccccc2)ccc1C. The first-order chi connectivity index (χ1) is 8.29. The Kier molecular flexibility index (Phi) is 3.61. The summed E-state index contributed by atoms with van der Waals surface area (Å²) >= 11 is 0. The summed E-state index contributed by atoms with van der Waals surface area (Å²) in [6.45, 7) is 2.05. The van der Waals surface area contributed by atoms with E-state index in [9.17, 15) is 0 Å². The molecule has 2 aromatic carbocycles. The van der Waals surface area contributed by atoms with Crippen LogP contribution in [0.1, 0.15) is 16.7 Å². The van der Waals surface area contributed by atoms with E-state index in [1.807, 2.05) is 25.1 Å². The molecule has 0 atom stereocenters. The largest absolute Gasteiger partial charge is 0.496 e.